The minimum atomic E-state index is -4.61. The number of piperidine rings is 1. The van der Waals surface area contributed by atoms with E-state index in [1.807, 2.05) is 4.90 Å². The fourth-order valence-electron chi connectivity index (χ4n) is 4.93. The molecule has 2 fully saturated rings. The summed E-state index contributed by atoms with van der Waals surface area (Å²) < 4.78 is 45.9. The van der Waals surface area contributed by atoms with Gasteiger partial charge in [0, 0.05) is 68.3 Å². The molecular weight excluding hydrogens is 421 g/mol. The lowest BCUT2D eigenvalue weighted by Crippen LogP contribution is -2.50. The molecule has 0 spiro atoms. The molecule has 1 aromatic carbocycles. The van der Waals surface area contributed by atoms with E-state index in [2.05, 4.69) is 4.98 Å². The van der Waals surface area contributed by atoms with Gasteiger partial charge in [0.25, 0.3) is 5.91 Å². The summed E-state index contributed by atoms with van der Waals surface area (Å²) >= 11 is 0. The molecule has 32 heavy (non-hydrogen) atoms. The summed E-state index contributed by atoms with van der Waals surface area (Å²) in [7, 11) is 1.62. The highest BCUT2D eigenvalue weighted by Gasteiger charge is 2.50. The molecule has 2 atom stereocenters. The second-order valence-corrected chi connectivity index (χ2v) is 8.45. The number of nitrogens with zero attached hydrogens (tertiary/aromatic N) is 4. The molecule has 168 valence electrons. The van der Waals surface area contributed by atoms with E-state index in [0.717, 1.165) is 6.07 Å². The van der Waals surface area contributed by atoms with Crippen molar-refractivity contribution in [2.75, 3.05) is 44.8 Å². The molecular formula is C23H23F3N4O2. The number of nitriles is 1. The average Bonchev–Trinajstić information content (AvgIpc) is 3.17. The number of rotatable bonds is 4. The highest BCUT2D eigenvalue weighted by atomic mass is 19.4. The lowest BCUT2D eigenvalue weighted by atomic mass is 9.73. The first-order valence-electron chi connectivity index (χ1n) is 10.3. The monoisotopic (exact) mass is 444 g/mol. The molecule has 2 aliphatic heterocycles. The van der Waals surface area contributed by atoms with Gasteiger partial charge in [0.15, 0.2) is 0 Å². The lowest BCUT2D eigenvalue weighted by Gasteiger charge is -2.43. The third-order valence-corrected chi connectivity index (χ3v) is 6.57. The number of likely N-dealkylation sites (tertiary alicyclic amines) is 1. The van der Waals surface area contributed by atoms with Gasteiger partial charge in [-0.15, -0.1) is 0 Å². The summed E-state index contributed by atoms with van der Waals surface area (Å²) in [6, 6.07) is 8.81. The van der Waals surface area contributed by atoms with Crippen LogP contribution >= 0.6 is 0 Å². The zero-order valence-corrected chi connectivity index (χ0v) is 17.6. The molecule has 0 saturated carbocycles. The van der Waals surface area contributed by atoms with Crippen molar-refractivity contribution in [2.24, 2.45) is 11.3 Å². The highest BCUT2D eigenvalue weighted by molar-refractivity contribution is 5.94. The Bertz CT molecular complexity index is 1040. The van der Waals surface area contributed by atoms with E-state index in [1.54, 1.807) is 48.7 Å². The maximum Gasteiger partial charge on any atom is 0.417 e. The molecule has 1 amide bonds. The Morgan fingerprint density at radius 2 is 2.03 bits per heavy atom. The number of carbonyl (C=O) groups excluding carboxylic acids is 1. The van der Waals surface area contributed by atoms with Crippen molar-refractivity contribution in [3.8, 4) is 6.07 Å². The summed E-state index contributed by atoms with van der Waals surface area (Å²) in [6.07, 6.45) is -0.757. The van der Waals surface area contributed by atoms with E-state index in [4.69, 9.17) is 10.00 Å². The highest BCUT2D eigenvalue weighted by Crippen LogP contribution is 2.45. The van der Waals surface area contributed by atoms with Gasteiger partial charge in [0.2, 0.25) is 0 Å². The van der Waals surface area contributed by atoms with Crippen molar-refractivity contribution in [3.05, 3.63) is 59.4 Å². The van der Waals surface area contributed by atoms with Gasteiger partial charge in [-0.05, 0) is 36.8 Å². The van der Waals surface area contributed by atoms with Crippen LogP contribution in [0.4, 0.5) is 18.9 Å². The van der Waals surface area contributed by atoms with Crippen LogP contribution in [-0.2, 0) is 10.9 Å². The number of methoxy groups -OCH3 is 1. The van der Waals surface area contributed by atoms with Crippen molar-refractivity contribution in [1.82, 2.24) is 9.88 Å². The molecule has 0 bridgehead atoms. The number of pyridine rings is 1. The SMILES string of the molecule is COCC12CCN(C(=O)c3ccncc3)CC1CN(c1ccc(C#N)c(C(F)(F)F)c1)C2. The fourth-order valence-corrected chi connectivity index (χ4v) is 4.93. The van der Waals surface area contributed by atoms with Gasteiger partial charge in [0.1, 0.15) is 0 Å². The first-order chi connectivity index (χ1) is 15.3. The normalized spacial score (nSPS) is 23.0. The molecule has 4 rings (SSSR count). The third-order valence-electron chi connectivity index (χ3n) is 6.57. The Balaban J connectivity index is 1.59. The van der Waals surface area contributed by atoms with E-state index >= 15 is 0 Å². The van der Waals surface area contributed by atoms with Crippen molar-refractivity contribution in [3.63, 3.8) is 0 Å². The van der Waals surface area contributed by atoms with Gasteiger partial charge in [0.05, 0.1) is 23.8 Å². The van der Waals surface area contributed by atoms with Gasteiger partial charge >= 0.3 is 6.18 Å². The van der Waals surface area contributed by atoms with E-state index in [9.17, 15) is 18.0 Å². The maximum absolute atomic E-state index is 13.5. The summed E-state index contributed by atoms with van der Waals surface area (Å²) in [5.74, 6) is -0.0263. The minimum Gasteiger partial charge on any atom is -0.384 e. The quantitative estimate of drug-likeness (QED) is 0.721. The number of alkyl halides is 3. The van der Waals surface area contributed by atoms with Gasteiger partial charge < -0.3 is 14.5 Å². The van der Waals surface area contributed by atoms with Crippen LogP contribution in [0.25, 0.3) is 0 Å². The number of hydrogen-bond acceptors (Lipinski definition) is 5. The number of fused-ring (bicyclic) bond motifs is 1. The molecule has 0 N–H and O–H groups in total. The van der Waals surface area contributed by atoms with Crippen LogP contribution < -0.4 is 4.90 Å². The number of anilines is 1. The van der Waals surface area contributed by atoms with Crippen LogP contribution in [0.15, 0.2) is 42.7 Å². The lowest BCUT2D eigenvalue weighted by molar-refractivity contribution is -0.137. The van der Waals surface area contributed by atoms with E-state index in [1.165, 1.54) is 6.07 Å². The van der Waals surface area contributed by atoms with Crippen LogP contribution in [0, 0.1) is 22.7 Å². The number of ether oxygens (including phenoxy) is 1. The first kappa shape index (κ1) is 22.1. The predicted molar refractivity (Wildman–Crippen MR) is 111 cm³/mol. The number of carbonyl (C=O) groups is 1. The molecule has 2 unspecified atom stereocenters. The Hall–Kier alpha value is -3.12. The second kappa shape index (κ2) is 8.43. The van der Waals surface area contributed by atoms with Gasteiger partial charge in [-0.3, -0.25) is 9.78 Å². The number of hydrogen-bond donors (Lipinski definition) is 0. The van der Waals surface area contributed by atoms with Crippen LogP contribution in [0.2, 0.25) is 0 Å². The van der Waals surface area contributed by atoms with Crippen molar-refractivity contribution in [1.29, 1.82) is 5.26 Å². The Morgan fingerprint density at radius 3 is 2.69 bits per heavy atom. The van der Waals surface area contributed by atoms with E-state index in [-0.39, 0.29) is 17.2 Å². The van der Waals surface area contributed by atoms with Crippen LogP contribution in [0.1, 0.15) is 27.9 Å². The molecule has 2 saturated heterocycles. The second-order valence-electron chi connectivity index (χ2n) is 8.45. The number of amides is 1. The van der Waals surface area contributed by atoms with Crippen LogP contribution in [0.3, 0.4) is 0 Å². The molecule has 2 aliphatic rings. The molecule has 0 aliphatic carbocycles. The van der Waals surface area contributed by atoms with E-state index < -0.39 is 17.3 Å². The fraction of sp³-hybridized carbons (Fsp3) is 0.435. The summed E-state index contributed by atoms with van der Waals surface area (Å²) in [5, 5.41) is 9.07. The number of benzene rings is 1. The van der Waals surface area contributed by atoms with Crippen LogP contribution in [0.5, 0.6) is 0 Å². The van der Waals surface area contributed by atoms with E-state index in [0.29, 0.717) is 50.5 Å². The summed E-state index contributed by atoms with van der Waals surface area (Å²) in [4.78, 5) is 20.6. The van der Waals surface area contributed by atoms with Gasteiger partial charge in [-0.2, -0.15) is 18.4 Å². The molecule has 2 aromatic rings. The largest absolute Gasteiger partial charge is 0.417 e. The molecule has 9 heteroatoms. The standard InChI is InChI=1S/C23H23F3N4O2/c1-32-15-22-6-9-29(21(31)16-4-7-28-8-5-16)12-18(22)13-30(14-22)19-3-2-17(11-27)20(10-19)23(24,25)26/h2-5,7-8,10,18H,6,9,12-15H2,1H3. The van der Waals surface area contributed by atoms with Crippen LogP contribution in [-0.4, -0.2) is 55.7 Å². The third kappa shape index (κ3) is 4.02. The minimum absolute atomic E-state index is 0.0481. The van der Waals surface area contributed by atoms with Crippen molar-refractivity contribution < 1.29 is 22.7 Å². The Kier molecular flexibility index (Phi) is 5.82. The number of halogens is 3. The molecule has 1 aromatic heterocycles. The predicted octanol–water partition coefficient (Wildman–Crippen LogP) is 3.59. The van der Waals surface area contributed by atoms with Crippen molar-refractivity contribution in [2.45, 2.75) is 12.6 Å². The summed E-state index contributed by atoms with van der Waals surface area (Å²) in [5.41, 5.74) is -0.582. The Morgan fingerprint density at radius 1 is 1.28 bits per heavy atom. The maximum atomic E-state index is 13.5. The summed E-state index contributed by atoms with van der Waals surface area (Å²) in [6.45, 7) is 2.56. The molecule has 6 nitrogen and oxygen atoms in total. The Labute approximate surface area is 184 Å². The molecule has 0 radical (unpaired) electrons. The first-order valence-corrected chi connectivity index (χ1v) is 10.3. The van der Waals surface area contributed by atoms with Gasteiger partial charge in [-0.25, -0.2) is 0 Å². The zero-order chi connectivity index (χ0) is 22.9. The number of aromatic nitrogens is 1. The smallest absolute Gasteiger partial charge is 0.384 e. The topological polar surface area (TPSA) is 69.5 Å². The van der Waals surface area contributed by atoms with Crippen molar-refractivity contribution >= 4 is 11.6 Å². The average molecular weight is 444 g/mol. The molecule has 3 heterocycles. The van der Waals surface area contributed by atoms with Gasteiger partial charge in [-0.1, -0.05) is 0 Å². The zero-order valence-electron chi connectivity index (χ0n) is 17.6.